The number of aromatic nitrogens is 2. The number of amides is 2. The van der Waals surface area contributed by atoms with Gasteiger partial charge in [-0.25, -0.2) is 9.37 Å². The Hall–Kier alpha value is -2.68. The lowest BCUT2D eigenvalue weighted by Gasteiger charge is -2.23. The first-order valence-corrected chi connectivity index (χ1v) is 9.59. The SMILES string of the molecule is CCCCSc1nc2c(c(=O)[nH]1)[C@H](C(=O)Nc1ccc(F)cc1)CC(=O)N2. The Labute approximate surface area is 159 Å². The van der Waals surface area contributed by atoms with E-state index in [1.807, 2.05) is 0 Å². The number of hydrogen-bond donors (Lipinski definition) is 3. The fourth-order valence-corrected chi connectivity index (χ4v) is 3.67. The van der Waals surface area contributed by atoms with Crippen molar-refractivity contribution in [3.63, 3.8) is 0 Å². The van der Waals surface area contributed by atoms with Gasteiger partial charge in [0, 0.05) is 17.9 Å². The van der Waals surface area contributed by atoms with E-state index in [-0.39, 0.29) is 23.7 Å². The third-order valence-corrected chi connectivity index (χ3v) is 5.05. The van der Waals surface area contributed by atoms with Crippen molar-refractivity contribution in [2.45, 2.75) is 37.3 Å². The number of halogens is 1. The minimum absolute atomic E-state index is 0.119. The molecule has 0 radical (unpaired) electrons. The zero-order valence-electron chi connectivity index (χ0n) is 14.7. The van der Waals surface area contributed by atoms with Crippen molar-refractivity contribution < 1.29 is 14.0 Å². The number of rotatable bonds is 6. The van der Waals surface area contributed by atoms with Crippen LogP contribution in [0, 0.1) is 5.82 Å². The summed E-state index contributed by atoms with van der Waals surface area (Å²) in [6.45, 7) is 2.06. The molecule has 1 aliphatic rings. The van der Waals surface area contributed by atoms with Gasteiger partial charge in [0.05, 0.1) is 11.5 Å². The van der Waals surface area contributed by atoms with Crippen molar-refractivity contribution in [1.82, 2.24) is 9.97 Å². The maximum absolute atomic E-state index is 13.0. The number of carbonyl (C=O) groups excluding carboxylic acids is 2. The average Bonchev–Trinajstić information content (AvgIpc) is 2.63. The van der Waals surface area contributed by atoms with E-state index >= 15 is 0 Å². The number of hydrogen-bond acceptors (Lipinski definition) is 5. The molecule has 27 heavy (non-hydrogen) atoms. The fourth-order valence-electron chi connectivity index (χ4n) is 2.72. The van der Waals surface area contributed by atoms with Crippen LogP contribution in [0.15, 0.2) is 34.2 Å². The van der Waals surface area contributed by atoms with Crippen LogP contribution >= 0.6 is 11.8 Å². The Kier molecular flexibility index (Phi) is 5.90. The predicted molar refractivity (Wildman–Crippen MR) is 102 cm³/mol. The molecular formula is C18H19FN4O3S. The average molecular weight is 390 g/mol. The van der Waals surface area contributed by atoms with Crippen molar-refractivity contribution in [3.8, 4) is 0 Å². The van der Waals surface area contributed by atoms with Crippen molar-refractivity contribution >= 4 is 35.1 Å². The van der Waals surface area contributed by atoms with E-state index in [2.05, 4.69) is 27.5 Å². The molecule has 142 valence electrons. The zero-order valence-corrected chi connectivity index (χ0v) is 15.5. The molecule has 1 aromatic carbocycles. The summed E-state index contributed by atoms with van der Waals surface area (Å²) >= 11 is 1.39. The fraction of sp³-hybridized carbons (Fsp3) is 0.333. The van der Waals surface area contributed by atoms with Crippen LogP contribution < -0.4 is 16.2 Å². The summed E-state index contributed by atoms with van der Waals surface area (Å²) in [4.78, 5) is 44.2. The van der Waals surface area contributed by atoms with Gasteiger partial charge in [-0.05, 0) is 30.7 Å². The highest BCUT2D eigenvalue weighted by molar-refractivity contribution is 7.99. The number of thioether (sulfide) groups is 1. The summed E-state index contributed by atoms with van der Waals surface area (Å²) in [5, 5.41) is 5.60. The first-order valence-electron chi connectivity index (χ1n) is 8.61. The molecule has 0 saturated heterocycles. The van der Waals surface area contributed by atoms with E-state index in [9.17, 15) is 18.8 Å². The highest BCUT2D eigenvalue weighted by Crippen LogP contribution is 2.30. The largest absolute Gasteiger partial charge is 0.326 e. The lowest BCUT2D eigenvalue weighted by atomic mass is 9.92. The lowest BCUT2D eigenvalue weighted by Crippen LogP contribution is -2.36. The molecular weight excluding hydrogens is 371 g/mol. The molecule has 0 spiro atoms. The van der Waals surface area contributed by atoms with Crippen molar-refractivity contribution in [1.29, 1.82) is 0 Å². The Balaban J connectivity index is 1.86. The third kappa shape index (κ3) is 4.54. The van der Waals surface area contributed by atoms with Gasteiger partial charge < -0.3 is 15.6 Å². The summed E-state index contributed by atoms with van der Waals surface area (Å²) in [6, 6.07) is 5.25. The Morgan fingerprint density at radius 1 is 1.33 bits per heavy atom. The quantitative estimate of drug-likeness (QED) is 0.400. The van der Waals surface area contributed by atoms with Crippen molar-refractivity contribution in [2.75, 3.05) is 16.4 Å². The number of anilines is 2. The van der Waals surface area contributed by atoms with Gasteiger partial charge in [0.15, 0.2) is 5.16 Å². The highest BCUT2D eigenvalue weighted by atomic mass is 32.2. The van der Waals surface area contributed by atoms with Crippen LogP contribution in [0.4, 0.5) is 15.9 Å². The highest BCUT2D eigenvalue weighted by Gasteiger charge is 2.34. The molecule has 2 amide bonds. The van der Waals surface area contributed by atoms with E-state index in [1.165, 1.54) is 36.0 Å². The Morgan fingerprint density at radius 3 is 2.78 bits per heavy atom. The number of carbonyl (C=O) groups is 2. The Bertz CT molecular complexity index is 914. The minimum Gasteiger partial charge on any atom is -0.326 e. The number of nitrogens with zero attached hydrogens (tertiary/aromatic N) is 1. The summed E-state index contributed by atoms with van der Waals surface area (Å²) < 4.78 is 13.0. The van der Waals surface area contributed by atoms with Crippen molar-refractivity contribution in [3.05, 3.63) is 46.0 Å². The van der Waals surface area contributed by atoms with Gasteiger partial charge in [-0.15, -0.1) is 0 Å². The molecule has 2 heterocycles. The van der Waals surface area contributed by atoms with Gasteiger partial charge in [0.25, 0.3) is 5.56 Å². The van der Waals surface area contributed by atoms with Gasteiger partial charge in [0.1, 0.15) is 11.6 Å². The van der Waals surface area contributed by atoms with Gasteiger partial charge in [0.2, 0.25) is 11.8 Å². The first-order chi connectivity index (χ1) is 13.0. The zero-order chi connectivity index (χ0) is 19.4. The second-order valence-electron chi connectivity index (χ2n) is 6.14. The second-order valence-corrected chi connectivity index (χ2v) is 7.22. The number of H-pyrrole nitrogens is 1. The Morgan fingerprint density at radius 2 is 2.07 bits per heavy atom. The smallest absolute Gasteiger partial charge is 0.257 e. The van der Waals surface area contributed by atoms with E-state index in [1.54, 1.807) is 0 Å². The first kappa shape index (κ1) is 19.1. The minimum atomic E-state index is -0.968. The standard InChI is InChI=1S/C18H19FN4O3S/c1-2-3-8-27-18-22-15-14(17(26)23-18)12(9-13(24)21-15)16(25)20-11-6-4-10(19)5-7-11/h4-7,12H,2-3,8-9H2,1H3,(H,20,25)(H2,21,22,23,24,26)/t12-/m1/s1. The van der Waals surface area contributed by atoms with E-state index < -0.39 is 23.2 Å². The third-order valence-electron chi connectivity index (χ3n) is 4.09. The van der Waals surface area contributed by atoms with Crippen LogP contribution in [0.3, 0.4) is 0 Å². The molecule has 0 aliphatic carbocycles. The van der Waals surface area contributed by atoms with Crippen molar-refractivity contribution in [2.24, 2.45) is 0 Å². The van der Waals surface area contributed by atoms with E-state index in [0.29, 0.717) is 10.8 Å². The molecule has 2 aromatic rings. The molecule has 7 nitrogen and oxygen atoms in total. The van der Waals surface area contributed by atoms with Gasteiger partial charge in [-0.2, -0.15) is 0 Å². The summed E-state index contributed by atoms with van der Waals surface area (Å²) in [6.07, 6.45) is 1.83. The maximum Gasteiger partial charge on any atom is 0.257 e. The van der Waals surface area contributed by atoms with Crippen LogP contribution in [-0.4, -0.2) is 27.5 Å². The summed E-state index contributed by atoms with van der Waals surface area (Å²) in [5.74, 6) is -1.39. The van der Waals surface area contributed by atoms with Crippen LogP contribution in [0.25, 0.3) is 0 Å². The number of aromatic amines is 1. The normalized spacial score (nSPS) is 15.8. The molecule has 0 saturated carbocycles. The van der Waals surface area contributed by atoms with Crippen LogP contribution in [-0.2, 0) is 9.59 Å². The lowest BCUT2D eigenvalue weighted by molar-refractivity contribution is -0.123. The van der Waals surface area contributed by atoms with E-state index in [4.69, 9.17) is 0 Å². The molecule has 1 aromatic heterocycles. The number of unbranched alkanes of at least 4 members (excludes halogenated alkanes) is 1. The summed E-state index contributed by atoms with van der Waals surface area (Å²) in [5.41, 5.74) is 0.0670. The molecule has 3 N–H and O–H groups in total. The predicted octanol–water partition coefficient (Wildman–Crippen LogP) is 2.87. The molecule has 1 aliphatic heterocycles. The number of nitrogens with one attached hydrogen (secondary N) is 3. The molecule has 0 bridgehead atoms. The molecule has 1 atom stereocenters. The van der Waals surface area contributed by atoms with E-state index in [0.717, 1.165) is 18.6 Å². The van der Waals surface area contributed by atoms with Gasteiger partial charge in [-0.1, -0.05) is 25.1 Å². The van der Waals surface area contributed by atoms with Crippen LogP contribution in [0.5, 0.6) is 0 Å². The summed E-state index contributed by atoms with van der Waals surface area (Å²) in [7, 11) is 0. The topological polar surface area (TPSA) is 104 Å². The van der Waals surface area contributed by atoms with Crippen LogP contribution in [0.1, 0.15) is 37.7 Å². The second kappa shape index (κ2) is 8.34. The molecule has 0 unspecified atom stereocenters. The van der Waals surface area contributed by atoms with Crippen LogP contribution in [0.2, 0.25) is 0 Å². The molecule has 9 heteroatoms. The monoisotopic (exact) mass is 390 g/mol. The van der Waals surface area contributed by atoms with Gasteiger partial charge in [-0.3, -0.25) is 14.4 Å². The maximum atomic E-state index is 13.0. The van der Waals surface area contributed by atoms with Gasteiger partial charge >= 0.3 is 0 Å². The molecule has 0 fully saturated rings. The number of fused-ring (bicyclic) bond motifs is 1. The molecule has 3 rings (SSSR count). The number of benzene rings is 1.